The molecule has 28 heavy (non-hydrogen) atoms. The maximum absolute atomic E-state index is 12.3. The summed E-state index contributed by atoms with van der Waals surface area (Å²) in [5.74, 6) is -1.27. The summed E-state index contributed by atoms with van der Waals surface area (Å²) in [7, 11) is -4.11. The number of carboxylic acid groups (broad SMARTS) is 1. The molecule has 146 valence electrons. The second-order valence-corrected chi connectivity index (χ2v) is 8.03. The second-order valence-electron chi connectivity index (χ2n) is 6.35. The van der Waals surface area contributed by atoms with Gasteiger partial charge in [-0.15, -0.1) is 0 Å². The minimum Gasteiger partial charge on any atom is -0.480 e. The SMILES string of the molecule is Cc1ccc(S(=O)(=O)NC(=O)N[C@H](Cc2c[nH]c3ccccc23)C(=O)O)cc1. The lowest BCUT2D eigenvalue weighted by molar-refractivity contribution is -0.139. The van der Waals surface area contributed by atoms with Gasteiger partial charge in [0, 0.05) is 23.5 Å². The maximum Gasteiger partial charge on any atom is 0.329 e. The number of amides is 2. The van der Waals surface area contributed by atoms with E-state index in [1.807, 2.05) is 29.0 Å². The largest absolute Gasteiger partial charge is 0.480 e. The molecule has 1 atom stereocenters. The number of aliphatic carboxylic acids is 1. The van der Waals surface area contributed by atoms with E-state index in [1.54, 1.807) is 25.3 Å². The zero-order chi connectivity index (χ0) is 20.3. The van der Waals surface area contributed by atoms with Crippen LogP contribution >= 0.6 is 0 Å². The second kappa shape index (κ2) is 7.73. The number of fused-ring (bicyclic) bond motifs is 1. The molecule has 0 saturated heterocycles. The van der Waals surface area contributed by atoms with E-state index >= 15 is 0 Å². The summed E-state index contributed by atoms with van der Waals surface area (Å²) in [4.78, 5) is 26.6. The van der Waals surface area contributed by atoms with Gasteiger partial charge in [0.05, 0.1) is 4.90 Å². The summed E-state index contributed by atoms with van der Waals surface area (Å²) < 4.78 is 26.4. The lowest BCUT2D eigenvalue weighted by atomic mass is 10.1. The van der Waals surface area contributed by atoms with Gasteiger partial charge in [0.1, 0.15) is 6.04 Å². The van der Waals surface area contributed by atoms with Gasteiger partial charge in [-0.2, -0.15) is 0 Å². The van der Waals surface area contributed by atoms with E-state index < -0.39 is 28.1 Å². The molecule has 0 aliphatic heterocycles. The number of urea groups is 1. The highest BCUT2D eigenvalue weighted by atomic mass is 32.2. The fourth-order valence-corrected chi connectivity index (χ4v) is 3.72. The smallest absolute Gasteiger partial charge is 0.329 e. The molecule has 1 heterocycles. The number of aromatic nitrogens is 1. The Labute approximate surface area is 161 Å². The zero-order valence-corrected chi connectivity index (χ0v) is 15.8. The molecular weight excluding hydrogens is 382 g/mol. The highest BCUT2D eigenvalue weighted by molar-refractivity contribution is 7.90. The number of sulfonamides is 1. The van der Waals surface area contributed by atoms with Gasteiger partial charge in [0.2, 0.25) is 0 Å². The number of H-pyrrole nitrogens is 1. The van der Waals surface area contributed by atoms with Gasteiger partial charge >= 0.3 is 12.0 Å². The third-order valence-electron chi connectivity index (χ3n) is 4.26. The molecule has 8 nitrogen and oxygen atoms in total. The number of rotatable bonds is 6. The summed E-state index contributed by atoms with van der Waals surface area (Å²) in [6.07, 6.45) is 1.67. The summed E-state index contributed by atoms with van der Waals surface area (Å²) in [6.45, 7) is 1.80. The minimum atomic E-state index is -4.11. The van der Waals surface area contributed by atoms with Crippen LogP contribution in [0, 0.1) is 6.92 Å². The maximum atomic E-state index is 12.3. The van der Waals surface area contributed by atoms with Gasteiger partial charge in [0.25, 0.3) is 10.0 Å². The molecule has 0 radical (unpaired) electrons. The van der Waals surface area contributed by atoms with E-state index in [0.29, 0.717) is 5.56 Å². The quantitative estimate of drug-likeness (QED) is 0.503. The molecule has 0 saturated carbocycles. The van der Waals surface area contributed by atoms with Crippen LogP contribution in [0.25, 0.3) is 10.9 Å². The van der Waals surface area contributed by atoms with Crippen molar-refractivity contribution in [3.8, 4) is 0 Å². The topological polar surface area (TPSA) is 128 Å². The van der Waals surface area contributed by atoms with Gasteiger partial charge in [-0.1, -0.05) is 35.9 Å². The monoisotopic (exact) mass is 401 g/mol. The average Bonchev–Trinajstić information content (AvgIpc) is 3.04. The third-order valence-corrected chi connectivity index (χ3v) is 5.61. The molecule has 9 heteroatoms. The molecule has 2 aromatic carbocycles. The van der Waals surface area contributed by atoms with Crippen LogP contribution in [-0.2, 0) is 21.2 Å². The van der Waals surface area contributed by atoms with Crippen LogP contribution in [0.4, 0.5) is 4.79 Å². The van der Waals surface area contributed by atoms with Crippen LogP contribution in [0.2, 0.25) is 0 Å². The molecule has 0 fully saturated rings. The Kier molecular flexibility index (Phi) is 5.36. The van der Waals surface area contributed by atoms with E-state index in [9.17, 15) is 23.1 Å². The molecule has 0 unspecified atom stereocenters. The molecule has 3 rings (SSSR count). The predicted molar refractivity (Wildman–Crippen MR) is 103 cm³/mol. The Morgan fingerprint density at radius 3 is 2.46 bits per heavy atom. The Hall–Kier alpha value is -3.33. The van der Waals surface area contributed by atoms with E-state index in [2.05, 4.69) is 10.3 Å². The Bertz CT molecular complexity index is 1120. The van der Waals surface area contributed by atoms with Gasteiger partial charge in [0.15, 0.2) is 0 Å². The Morgan fingerprint density at radius 1 is 1.11 bits per heavy atom. The highest BCUT2D eigenvalue weighted by Gasteiger charge is 2.24. The van der Waals surface area contributed by atoms with Crippen molar-refractivity contribution >= 4 is 32.9 Å². The minimum absolute atomic E-state index is 0.00263. The number of aromatic amines is 1. The first kappa shape index (κ1) is 19.4. The van der Waals surface area contributed by atoms with E-state index in [4.69, 9.17) is 0 Å². The lowest BCUT2D eigenvalue weighted by Crippen LogP contribution is -2.48. The van der Waals surface area contributed by atoms with Crippen LogP contribution in [0.5, 0.6) is 0 Å². The molecule has 2 amide bonds. The predicted octanol–water partition coefficient (Wildman–Crippen LogP) is 2.16. The van der Waals surface area contributed by atoms with Crippen LogP contribution in [0.15, 0.2) is 59.6 Å². The van der Waals surface area contributed by atoms with Gasteiger partial charge in [-0.3, -0.25) is 0 Å². The standard InChI is InChI=1S/C19H19N3O5S/c1-12-6-8-14(9-7-12)28(26,27)22-19(25)21-17(18(23)24)10-13-11-20-16-5-3-2-4-15(13)16/h2-9,11,17,20H,10H2,1H3,(H,23,24)(H2,21,22,25)/t17-/m1/s1. The van der Waals surface area contributed by atoms with Gasteiger partial charge in [-0.25, -0.2) is 22.7 Å². The van der Waals surface area contributed by atoms with Gasteiger partial charge in [-0.05, 0) is 30.7 Å². The first-order valence-electron chi connectivity index (χ1n) is 8.44. The number of carbonyl (C=O) groups is 2. The van der Waals surface area contributed by atoms with Crippen LogP contribution < -0.4 is 10.0 Å². The van der Waals surface area contributed by atoms with Crippen LogP contribution in [0.1, 0.15) is 11.1 Å². The van der Waals surface area contributed by atoms with E-state index in [0.717, 1.165) is 16.5 Å². The third kappa shape index (κ3) is 4.32. The van der Waals surface area contributed by atoms with Crippen LogP contribution in [0.3, 0.4) is 0 Å². The molecule has 1 aromatic heterocycles. The number of para-hydroxylation sites is 1. The molecule has 3 aromatic rings. The van der Waals surface area contributed by atoms with Crippen LogP contribution in [-0.4, -0.2) is 36.6 Å². The Balaban J connectivity index is 1.72. The Morgan fingerprint density at radius 2 is 1.79 bits per heavy atom. The highest BCUT2D eigenvalue weighted by Crippen LogP contribution is 2.19. The van der Waals surface area contributed by atoms with Crippen molar-refractivity contribution in [2.75, 3.05) is 0 Å². The lowest BCUT2D eigenvalue weighted by Gasteiger charge is -2.15. The number of carboxylic acids is 1. The molecule has 0 bridgehead atoms. The summed E-state index contributed by atoms with van der Waals surface area (Å²) in [5, 5.41) is 12.5. The van der Waals surface area contributed by atoms with Crippen molar-refractivity contribution in [2.24, 2.45) is 0 Å². The molecule has 0 aliphatic carbocycles. The fraction of sp³-hybridized carbons (Fsp3) is 0.158. The van der Waals surface area contributed by atoms with Crippen molar-refractivity contribution in [1.82, 2.24) is 15.0 Å². The average molecular weight is 401 g/mol. The zero-order valence-electron chi connectivity index (χ0n) is 15.0. The number of carbonyl (C=O) groups excluding carboxylic acids is 1. The number of benzene rings is 2. The normalized spacial score (nSPS) is 12.5. The summed E-state index contributed by atoms with van der Waals surface area (Å²) >= 11 is 0. The first-order valence-corrected chi connectivity index (χ1v) is 9.92. The van der Waals surface area contributed by atoms with E-state index in [1.165, 1.54) is 12.1 Å². The number of hydrogen-bond acceptors (Lipinski definition) is 4. The van der Waals surface area contributed by atoms with E-state index in [-0.39, 0.29) is 11.3 Å². The molecular formula is C19H19N3O5S. The fourth-order valence-electron chi connectivity index (χ4n) is 2.81. The van der Waals surface area contributed by atoms with Crippen molar-refractivity contribution in [3.63, 3.8) is 0 Å². The van der Waals surface area contributed by atoms with Crippen molar-refractivity contribution < 1.29 is 23.1 Å². The van der Waals surface area contributed by atoms with Crippen molar-refractivity contribution in [3.05, 3.63) is 65.9 Å². The van der Waals surface area contributed by atoms with Crippen molar-refractivity contribution in [1.29, 1.82) is 0 Å². The molecule has 0 spiro atoms. The number of nitrogens with one attached hydrogen (secondary N) is 3. The van der Waals surface area contributed by atoms with Crippen molar-refractivity contribution in [2.45, 2.75) is 24.3 Å². The molecule has 4 N–H and O–H groups in total. The molecule has 0 aliphatic rings. The first-order chi connectivity index (χ1) is 13.3. The van der Waals surface area contributed by atoms with Gasteiger partial charge < -0.3 is 15.4 Å². The number of aryl methyl sites for hydroxylation is 1. The summed E-state index contributed by atoms with van der Waals surface area (Å²) in [5.41, 5.74) is 2.41. The summed E-state index contributed by atoms with van der Waals surface area (Å²) in [6, 6.07) is 10.9. The number of hydrogen-bond donors (Lipinski definition) is 4.